The molecular weight excluding hydrogens is 144 g/mol. The van der Waals surface area contributed by atoms with E-state index in [1.54, 1.807) is 0 Å². The smallest absolute Gasteiger partial charge is 0.0954 e. The first-order valence-corrected chi connectivity index (χ1v) is 4.23. The molecule has 2 bridgehead atoms. The second kappa shape index (κ2) is 2.44. The molecule has 3 nitrogen and oxygen atoms in total. The fourth-order valence-electron chi connectivity index (χ4n) is 2.23. The standard InChI is InChI=1S/C8H14O3/c9-4-3-8(10)5-6-1-2-7(8)11-6/h6-7,9-10H,1-5H2. The number of aliphatic hydroxyl groups excluding tert-OH is 1. The van der Waals surface area contributed by atoms with Gasteiger partial charge in [0, 0.05) is 19.4 Å². The highest BCUT2D eigenvalue weighted by Gasteiger charge is 2.50. The molecule has 0 saturated carbocycles. The maximum absolute atomic E-state index is 9.90. The lowest BCUT2D eigenvalue weighted by molar-refractivity contribution is -0.0435. The third kappa shape index (κ3) is 1.08. The second-order valence-electron chi connectivity index (χ2n) is 3.61. The number of aliphatic hydroxyl groups is 2. The molecule has 2 heterocycles. The van der Waals surface area contributed by atoms with Crippen LogP contribution < -0.4 is 0 Å². The SMILES string of the molecule is OCCC1(O)CC2CCC1O2. The van der Waals surface area contributed by atoms with Gasteiger partial charge in [0.2, 0.25) is 0 Å². The molecule has 0 radical (unpaired) electrons. The molecule has 2 aliphatic rings. The zero-order valence-electron chi connectivity index (χ0n) is 6.49. The van der Waals surface area contributed by atoms with Gasteiger partial charge in [0.15, 0.2) is 0 Å². The van der Waals surface area contributed by atoms with Gasteiger partial charge >= 0.3 is 0 Å². The molecule has 3 heteroatoms. The molecule has 64 valence electrons. The first-order valence-electron chi connectivity index (χ1n) is 4.23. The Morgan fingerprint density at radius 1 is 1.45 bits per heavy atom. The zero-order valence-corrected chi connectivity index (χ0v) is 6.49. The Morgan fingerprint density at radius 2 is 2.27 bits per heavy atom. The third-order valence-electron chi connectivity index (χ3n) is 2.83. The summed E-state index contributed by atoms with van der Waals surface area (Å²) in [6, 6.07) is 0. The van der Waals surface area contributed by atoms with Crippen molar-refractivity contribution in [2.75, 3.05) is 6.61 Å². The van der Waals surface area contributed by atoms with Crippen LogP contribution in [0.3, 0.4) is 0 Å². The monoisotopic (exact) mass is 158 g/mol. The molecule has 3 unspecified atom stereocenters. The Kier molecular flexibility index (Phi) is 1.67. The first kappa shape index (κ1) is 7.53. The average Bonchev–Trinajstić information content (AvgIpc) is 2.45. The van der Waals surface area contributed by atoms with Gasteiger partial charge in [-0.3, -0.25) is 0 Å². The van der Waals surface area contributed by atoms with Crippen LogP contribution in [0.15, 0.2) is 0 Å². The van der Waals surface area contributed by atoms with Crippen molar-refractivity contribution in [1.82, 2.24) is 0 Å². The highest BCUT2D eigenvalue weighted by Crippen LogP contribution is 2.43. The minimum Gasteiger partial charge on any atom is -0.396 e. The summed E-state index contributed by atoms with van der Waals surface area (Å²) in [6.07, 6.45) is 3.49. The van der Waals surface area contributed by atoms with Crippen molar-refractivity contribution in [2.45, 2.75) is 43.5 Å². The van der Waals surface area contributed by atoms with Gasteiger partial charge in [-0.25, -0.2) is 0 Å². The maximum Gasteiger partial charge on any atom is 0.0954 e. The fraction of sp³-hybridized carbons (Fsp3) is 1.00. The molecular formula is C8H14O3. The Bertz CT molecular complexity index is 159. The topological polar surface area (TPSA) is 49.7 Å². The fourth-order valence-corrected chi connectivity index (χ4v) is 2.23. The number of hydrogen-bond donors (Lipinski definition) is 2. The van der Waals surface area contributed by atoms with Crippen LogP contribution in [0.5, 0.6) is 0 Å². The number of hydrogen-bond acceptors (Lipinski definition) is 3. The molecule has 2 N–H and O–H groups in total. The predicted octanol–water partition coefficient (Wildman–Crippen LogP) is 0.0512. The lowest BCUT2D eigenvalue weighted by atomic mass is 9.83. The van der Waals surface area contributed by atoms with Gasteiger partial charge < -0.3 is 14.9 Å². The van der Waals surface area contributed by atoms with Crippen molar-refractivity contribution in [3.05, 3.63) is 0 Å². The molecule has 3 atom stereocenters. The quantitative estimate of drug-likeness (QED) is 0.597. The largest absolute Gasteiger partial charge is 0.396 e. The molecule has 0 spiro atoms. The summed E-state index contributed by atoms with van der Waals surface area (Å²) in [5, 5.41) is 18.6. The number of fused-ring (bicyclic) bond motifs is 2. The van der Waals surface area contributed by atoms with Gasteiger partial charge in [-0.2, -0.15) is 0 Å². The Balaban J connectivity index is 2.04. The Hall–Kier alpha value is -0.120. The van der Waals surface area contributed by atoms with E-state index in [4.69, 9.17) is 9.84 Å². The highest BCUT2D eigenvalue weighted by atomic mass is 16.5. The molecule has 2 saturated heterocycles. The first-order chi connectivity index (χ1) is 5.24. The lowest BCUT2D eigenvalue weighted by Gasteiger charge is -2.28. The van der Waals surface area contributed by atoms with Gasteiger partial charge in [-0.05, 0) is 12.8 Å². The van der Waals surface area contributed by atoms with E-state index in [-0.39, 0.29) is 18.8 Å². The number of ether oxygens (including phenoxy) is 1. The molecule has 0 aromatic carbocycles. The van der Waals surface area contributed by atoms with E-state index in [9.17, 15) is 5.11 Å². The van der Waals surface area contributed by atoms with Gasteiger partial charge in [0.1, 0.15) is 0 Å². The van der Waals surface area contributed by atoms with E-state index in [0.717, 1.165) is 19.3 Å². The van der Waals surface area contributed by atoms with Crippen LogP contribution in [0, 0.1) is 0 Å². The summed E-state index contributed by atoms with van der Waals surface area (Å²) in [7, 11) is 0. The van der Waals surface area contributed by atoms with Crippen molar-refractivity contribution < 1.29 is 14.9 Å². The van der Waals surface area contributed by atoms with Gasteiger partial charge in [-0.15, -0.1) is 0 Å². The van der Waals surface area contributed by atoms with E-state index in [0.29, 0.717) is 6.42 Å². The van der Waals surface area contributed by atoms with Crippen molar-refractivity contribution >= 4 is 0 Å². The van der Waals surface area contributed by atoms with E-state index < -0.39 is 5.60 Å². The summed E-state index contributed by atoms with van der Waals surface area (Å²) in [6.45, 7) is 0.0586. The van der Waals surface area contributed by atoms with Gasteiger partial charge in [0.25, 0.3) is 0 Å². The summed E-state index contributed by atoms with van der Waals surface area (Å²) in [4.78, 5) is 0. The molecule has 0 amide bonds. The third-order valence-corrected chi connectivity index (χ3v) is 2.83. The van der Waals surface area contributed by atoms with E-state index in [1.165, 1.54) is 0 Å². The van der Waals surface area contributed by atoms with Crippen LogP contribution in [0.25, 0.3) is 0 Å². The van der Waals surface area contributed by atoms with Crippen LogP contribution in [0.4, 0.5) is 0 Å². The number of rotatable bonds is 2. The average molecular weight is 158 g/mol. The van der Waals surface area contributed by atoms with Crippen molar-refractivity contribution in [2.24, 2.45) is 0 Å². The van der Waals surface area contributed by atoms with Crippen molar-refractivity contribution in [3.63, 3.8) is 0 Å². The van der Waals surface area contributed by atoms with Crippen LogP contribution in [0.2, 0.25) is 0 Å². The summed E-state index contributed by atoms with van der Waals surface area (Å²) < 4.78 is 5.48. The Morgan fingerprint density at radius 3 is 2.73 bits per heavy atom. The second-order valence-corrected chi connectivity index (χ2v) is 3.61. The summed E-state index contributed by atoms with van der Waals surface area (Å²) >= 11 is 0. The Labute approximate surface area is 66.0 Å². The maximum atomic E-state index is 9.90. The lowest BCUT2D eigenvalue weighted by Crippen LogP contribution is -2.40. The van der Waals surface area contributed by atoms with E-state index >= 15 is 0 Å². The van der Waals surface area contributed by atoms with Crippen molar-refractivity contribution in [1.29, 1.82) is 0 Å². The zero-order chi connectivity index (χ0) is 7.90. The molecule has 11 heavy (non-hydrogen) atoms. The molecule has 0 aliphatic carbocycles. The van der Waals surface area contributed by atoms with Crippen LogP contribution in [0.1, 0.15) is 25.7 Å². The van der Waals surface area contributed by atoms with E-state index in [2.05, 4.69) is 0 Å². The highest BCUT2D eigenvalue weighted by molar-refractivity contribution is 5.00. The normalized spacial score (nSPS) is 48.5. The summed E-state index contributed by atoms with van der Waals surface area (Å²) in [5.41, 5.74) is -0.711. The molecule has 0 aromatic heterocycles. The van der Waals surface area contributed by atoms with Gasteiger partial charge in [0.05, 0.1) is 17.8 Å². The van der Waals surface area contributed by atoms with E-state index in [1.807, 2.05) is 0 Å². The van der Waals surface area contributed by atoms with Gasteiger partial charge in [-0.1, -0.05) is 0 Å². The summed E-state index contributed by atoms with van der Waals surface area (Å²) in [5.74, 6) is 0. The minimum absolute atomic E-state index is 0.000324. The molecule has 2 aliphatic heterocycles. The molecule has 2 rings (SSSR count). The molecule has 2 fully saturated rings. The van der Waals surface area contributed by atoms with Crippen LogP contribution in [-0.2, 0) is 4.74 Å². The minimum atomic E-state index is -0.711. The van der Waals surface area contributed by atoms with Crippen LogP contribution in [-0.4, -0.2) is 34.6 Å². The van der Waals surface area contributed by atoms with Crippen LogP contribution >= 0.6 is 0 Å². The van der Waals surface area contributed by atoms with Crippen molar-refractivity contribution in [3.8, 4) is 0 Å². The molecule has 0 aromatic rings. The predicted molar refractivity (Wildman–Crippen MR) is 39.2 cm³/mol.